The minimum atomic E-state index is -0.611. The van der Waals surface area contributed by atoms with Gasteiger partial charge in [0.2, 0.25) is 0 Å². The van der Waals surface area contributed by atoms with E-state index in [2.05, 4.69) is 10.6 Å². The van der Waals surface area contributed by atoms with Gasteiger partial charge in [-0.2, -0.15) is 0 Å². The monoisotopic (exact) mass is 528 g/mol. The Morgan fingerprint density at radius 1 is 0.639 bits per heavy atom. The normalized spacial score (nSPS) is 10.3. The zero-order chi connectivity index (χ0) is 26.2. The number of hydrogen-bond acceptors (Lipinski definition) is 6. The van der Waals surface area contributed by atoms with Crippen molar-refractivity contribution < 1.29 is 28.7 Å². The van der Waals surface area contributed by atoms with Crippen LogP contribution < -0.4 is 10.6 Å². The number of amides is 2. The summed E-state index contributed by atoms with van der Waals surface area (Å²) in [6, 6.07) is 14.8. The van der Waals surface area contributed by atoms with Crippen LogP contribution >= 0.6 is 23.2 Å². The number of rotatable bonds is 8. The second-order valence-electron chi connectivity index (χ2n) is 7.32. The number of hydrogen-bond donors (Lipinski definition) is 2. The summed E-state index contributed by atoms with van der Waals surface area (Å²) >= 11 is 12.2. The van der Waals surface area contributed by atoms with Crippen molar-refractivity contribution in [2.75, 3.05) is 23.8 Å². The maximum Gasteiger partial charge on any atom is 0.338 e. The number of nitrogens with one attached hydrogen (secondary N) is 2. The molecule has 186 valence electrons. The molecule has 36 heavy (non-hydrogen) atoms. The molecule has 10 heteroatoms. The third-order valence-corrected chi connectivity index (χ3v) is 5.58. The van der Waals surface area contributed by atoms with E-state index in [0.29, 0.717) is 22.5 Å². The van der Waals surface area contributed by atoms with Gasteiger partial charge in [0.25, 0.3) is 11.8 Å². The number of carbonyl (C=O) groups excluding carboxylic acids is 4. The Kier molecular flexibility index (Phi) is 9.05. The van der Waals surface area contributed by atoms with E-state index in [1.54, 1.807) is 13.8 Å². The molecular weight excluding hydrogens is 507 g/mol. The van der Waals surface area contributed by atoms with Crippen LogP contribution in [0.5, 0.6) is 0 Å². The first-order chi connectivity index (χ1) is 17.2. The summed E-state index contributed by atoms with van der Waals surface area (Å²) < 4.78 is 9.88. The van der Waals surface area contributed by atoms with Crippen molar-refractivity contribution in [2.24, 2.45) is 0 Å². The van der Waals surface area contributed by atoms with Crippen molar-refractivity contribution >= 4 is 58.3 Å². The van der Waals surface area contributed by atoms with Crippen molar-refractivity contribution in [1.29, 1.82) is 0 Å². The average molecular weight is 529 g/mol. The Hall–Kier alpha value is -3.88. The van der Waals surface area contributed by atoms with Gasteiger partial charge in [0.05, 0.1) is 45.5 Å². The molecule has 2 N–H and O–H groups in total. The molecule has 3 aromatic carbocycles. The fraction of sp³-hybridized carbons (Fsp3) is 0.154. The molecule has 0 bridgehead atoms. The lowest BCUT2D eigenvalue weighted by molar-refractivity contribution is 0.0517. The van der Waals surface area contributed by atoms with Gasteiger partial charge >= 0.3 is 11.9 Å². The summed E-state index contributed by atoms with van der Waals surface area (Å²) in [5, 5.41) is 5.52. The zero-order valence-electron chi connectivity index (χ0n) is 19.4. The van der Waals surface area contributed by atoms with E-state index < -0.39 is 23.8 Å². The summed E-state index contributed by atoms with van der Waals surface area (Å²) in [6.07, 6.45) is 0. The highest BCUT2D eigenvalue weighted by Gasteiger charge is 2.21. The lowest BCUT2D eigenvalue weighted by Crippen LogP contribution is -2.20. The first-order valence-corrected chi connectivity index (χ1v) is 11.6. The Morgan fingerprint density at radius 2 is 0.972 bits per heavy atom. The van der Waals surface area contributed by atoms with Crippen LogP contribution in [0.4, 0.5) is 11.4 Å². The van der Waals surface area contributed by atoms with Crippen molar-refractivity contribution in [3.05, 3.63) is 93.0 Å². The van der Waals surface area contributed by atoms with E-state index >= 15 is 0 Å². The van der Waals surface area contributed by atoms with Crippen LogP contribution in [0.1, 0.15) is 55.3 Å². The van der Waals surface area contributed by atoms with Crippen LogP contribution in [0.2, 0.25) is 10.0 Å². The zero-order valence-corrected chi connectivity index (χ0v) is 20.9. The molecule has 3 rings (SSSR count). The van der Waals surface area contributed by atoms with E-state index in [0.717, 1.165) is 0 Å². The SMILES string of the molecule is CCOC(=O)c1ccc(NC(=O)c2cc(Cl)c(Cl)cc2C(=O)Nc2ccc(C(=O)OCC)cc2)cc1. The van der Waals surface area contributed by atoms with Crippen molar-refractivity contribution in [2.45, 2.75) is 13.8 Å². The first-order valence-electron chi connectivity index (χ1n) is 10.9. The third-order valence-electron chi connectivity index (χ3n) is 4.86. The number of ether oxygens (including phenoxy) is 2. The smallest absolute Gasteiger partial charge is 0.338 e. The van der Waals surface area contributed by atoms with Crippen LogP contribution in [0.15, 0.2) is 60.7 Å². The highest BCUT2D eigenvalue weighted by atomic mass is 35.5. The Balaban J connectivity index is 1.80. The van der Waals surface area contributed by atoms with Gasteiger partial charge in [-0.3, -0.25) is 9.59 Å². The van der Waals surface area contributed by atoms with Gasteiger partial charge in [-0.05, 0) is 74.5 Å². The molecule has 0 atom stereocenters. The molecule has 0 heterocycles. The molecule has 0 aliphatic heterocycles. The summed E-state index contributed by atoms with van der Waals surface area (Å²) in [6.45, 7) is 3.90. The Morgan fingerprint density at radius 3 is 1.28 bits per heavy atom. The van der Waals surface area contributed by atoms with Crippen molar-refractivity contribution in [3.8, 4) is 0 Å². The minimum Gasteiger partial charge on any atom is -0.462 e. The largest absolute Gasteiger partial charge is 0.462 e. The number of benzene rings is 3. The minimum absolute atomic E-state index is 0.0143. The predicted molar refractivity (Wildman–Crippen MR) is 137 cm³/mol. The van der Waals surface area contributed by atoms with E-state index in [9.17, 15) is 19.2 Å². The number of anilines is 2. The second kappa shape index (κ2) is 12.2. The quantitative estimate of drug-likeness (QED) is 0.354. The first kappa shape index (κ1) is 26.7. The van der Waals surface area contributed by atoms with E-state index in [-0.39, 0.29) is 34.4 Å². The lowest BCUT2D eigenvalue weighted by atomic mass is 10.1. The van der Waals surface area contributed by atoms with Crippen LogP contribution in [0.3, 0.4) is 0 Å². The molecule has 0 spiro atoms. The van der Waals surface area contributed by atoms with E-state index in [1.807, 2.05) is 0 Å². The summed E-state index contributed by atoms with van der Waals surface area (Å²) in [4.78, 5) is 49.7. The van der Waals surface area contributed by atoms with Gasteiger partial charge in [0.15, 0.2) is 0 Å². The predicted octanol–water partition coefficient (Wildman–Crippen LogP) is 5.85. The summed E-state index contributed by atoms with van der Waals surface area (Å²) in [7, 11) is 0. The van der Waals surface area contributed by atoms with Gasteiger partial charge in [-0.15, -0.1) is 0 Å². The van der Waals surface area contributed by atoms with Crippen LogP contribution in [-0.2, 0) is 9.47 Å². The molecule has 0 radical (unpaired) electrons. The molecule has 0 saturated heterocycles. The molecule has 0 aromatic heterocycles. The fourth-order valence-corrected chi connectivity index (χ4v) is 3.45. The van der Waals surface area contributed by atoms with Gasteiger partial charge in [-0.25, -0.2) is 9.59 Å². The maximum absolute atomic E-state index is 13.0. The van der Waals surface area contributed by atoms with Crippen LogP contribution in [0.25, 0.3) is 0 Å². The molecule has 3 aromatic rings. The molecule has 8 nitrogen and oxygen atoms in total. The topological polar surface area (TPSA) is 111 Å². The highest BCUT2D eigenvalue weighted by Crippen LogP contribution is 2.27. The highest BCUT2D eigenvalue weighted by molar-refractivity contribution is 6.42. The van der Waals surface area contributed by atoms with Crippen molar-refractivity contribution in [1.82, 2.24) is 0 Å². The van der Waals surface area contributed by atoms with Gasteiger partial charge in [0, 0.05) is 11.4 Å². The van der Waals surface area contributed by atoms with E-state index in [1.165, 1.54) is 60.7 Å². The number of carbonyl (C=O) groups is 4. The maximum atomic E-state index is 13.0. The van der Waals surface area contributed by atoms with Crippen molar-refractivity contribution in [3.63, 3.8) is 0 Å². The van der Waals surface area contributed by atoms with Crippen LogP contribution in [0, 0.1) is 0 Å². The molecule has 0 saturated carbocycles. The number of halogens is 2. The van der Waals surface area contributed by atoms with Crippen LogP contribution in [-0.4, -0.2) is 37.0 Å². The van der Waals surface area contributed by atoms with Gasteiger partial charge < -0.3 is 20.1 Å². The summed E-state index contributed by atoms with van der Waals surface area (Å²) in [5.41, 5.74) is 1.41. The molecule has 0 fully saturated rings. The van der Waals surface area contributed by atoms with Gasteiger partial charge in [-0.1, -0.05) is 23.2 Å². The molecular formula is C26H22Cl2N2O6. The molecule has 0 aliphatic rings. The summed E-state index contributed by atoms with van der Waals surface area (Å²) in [5.74, 6) is -2.18. The molecule has 2 amide bonds. The van der Waals surface area contributed by atoms with Gasteiger partial charge in [0.1, 0.15) is 0 Å². The van der Waals surface area contributed by atoms with E-state index in [4.69, 9.17) is 32.7 Å². The molecule has 0 aliphatic carbocycles. The number of esters is 2. The molecule has 0 unspecified atom stereocenters. The second-order valence-corrected chi connectivity index (χ2v) is 8.13. The third kappa shape index (κ3) is 6.62. The average Bonchev–Trinajstić information content (AvgIpc) is 2.86. The standard InChI is InChI=1S/C26H22Cl2N2O6/c1-3-35-25(33)15-5-9-17(10-6-15)29-23(31)19-13-21(27)22(28)14-20(19)24(32)30-18-11-7-16(8-12-18)26(34)36-4-2/h5-14H,3-4H2,1-2H3,(H,29,31)(H,30,32). The Bertz CT molecular complexity index is 1190. The fourth-order valence-electron chi connectivity index (χ4n) is 3.13. The Labute approximate surface area is 217 Å². The lowest BCUT2D eigenvalue weighted by Gasteiger charge is -2.13.